The Labute approximate surface area is 677 Å². The van der Waals surface area contributed by atoms with Crippen LogP contribution in [-0.2, 0) is 65.4 Å². The minimum atomic E-state index is -4.97. The van der Waals surface area contributed by atoms with E-state index in [9.17, 15) is 43.2 Å². The van der Waals surface area contributed by atoms with Crippen LogP contribution in [0.4, 0.5) is 0 Å². The first-order valence-corrected chi connectivity index (χ1v) is 50.0. The molecule has 0 spiro atoms. The van der Waals surface area contributed by atoms with Gasteiger partial charge >= 0.3 is 39.5 Å². The zero-order chi connectivity index (χ0) is 80.6. The maximum Gasteiger partial charge on any atom is 0.472 e. The fourth-order valence-electron chi connectivity index (χ4n) is 14.3. The Kier molecular flexibility index (Phi) is 80.7. The van der Waals surface area contributed by atoms with Crippen LogP contribution in [0.2, 0.25) is 0 Å². The fourth-order valence-corrected chi connectivity index (χ4v) is 15.9. The number of aliphatic hydroxyl groups is 1. The van der Waals surface area contributed by atoms with Crippen molar-refractivity contribution < 1.29 is 80.2 Å². The van der Waals surface area contributed by atoms with Crippen LogP contribution in [0.1, 0.15) is 491 Å². The molecule has 0 aromatic rings. The molecule has 0 bridgehead atoms. The van der Waals surface area contributed by atoms with Crippen molar-refractivity contribution >= 4 is 39.5 Å². The first-order chi connectivity index (χ1) is 53.4. The minimum absolute atomic E-state index is 0.108. The third kappa shape index (κ3) is 82.6. The van der Waals surface area contributed by atoms with Crippen molar-refractivity contribution in [3.8, 4) is 0 Å². The Morgan fingerprint density at radius 3 is 0.691 bits per heavy atom. The maximum absolute atomic E-state index is 13.2. The van der Waals surface area contributed by atoms with Gasteiger partial charge < -0.3 is 33.8 Å². The van der Waals surface area contributed by atoms with Crippen LogP contribution in [0, 0.1) is 11.8 Å². The third-order valence-electron chi connectivity index (χ3n) is 21.8. The van der Waals surface area contributed by atoms with Crippen LogP contribution in [0.3, 0.4) is 0 Å². The van der Waals surface area contributed by atoms with E-state index in [1.54, 1.807) is 0 Å². The molecule has 19 heteroatoms. The summed E-state index contributed by atoms with van der Waals surface area (Å²) >= 11 is 0. The summed E-state index contributed by atoms with van der Waals surface area (Å²) in [6.45, 7) is 9.71. The van der Waals surface area contributed by atoms with E-state index in [2.05, 4.69) is 41.5 Å². The fraction of sp³-hybridized carbons (Fsp3) is 0.956. The van der Waals surface area contributed by atoms with Crippen molar-refractivity contribution in [3.63, 3.8) is 0 Å². The topological polar surface area (TPSA) is 237 Å². The summed E-state index contributed by atoms with van der Waals surface area (Å²) < 4.78 is 69.0. The van der Waals surface area contributed by atoms with Crippen molar-refractivity contribution in [2.75, 3.05) is 39.6 Å². The van der Waals surface area contributed by atoms with Gasteiger partial charge in [-0.1, -0.05) is 440 Å². The highest BCUT2D eigenvalue weighted by Gasteiger charge is 2.31. The van der Waals surface area contributed by atoms with E-state index < -0.39 is 97.5 Å². The lowest BCUT2D eigenvalue weighted by atomic mass is 9.99. The Bertz CT molecular complexity index is 2100. The molecular weight excluding hydrogens is 1430 g/mol. The van der Waals surface area contributed by atoms with Gasteiger partial charge in [0.25, 0.3) is 0 Å². The van der Waals surface area contributed by atoms with Gasteiger partial charge in [-0.25, -0.2) is 9.13 Å². The highest BCUT2D eigenvalue weighted by molar-refractivity contribution is 7.47. The molecule has 6 atom stereocenters. The Balaban J connectivity index is 5.21. The number of phosphoric ester groups is 2. The highest BCUT2D eigenvalue weighted by atomic mass is 31.2. The average molecular weight is 1610 g/mol. The number of aliphatic hydroxyl groups excluding tert-OH is 1. The molecule has 0 aliphatic heterocycles. The van der Waals surface area contributed by atoms with Crippen LogP contribution < -0.4 is 0 Å². The number of carbonyl (C=O) groups is 4. The first kappa shape index (κ1) is 108. The van der Waals surface area contributed by atoms with Crippen molar-refractivity contribution in [1.82, 2.24) is 0 Å². The second-order valence-corrected chi connectivity index (χ2v) is 36.3. The lowest BCUT2D eigenvalue weighted by Gasteiger charge is -2.21. The van der Waals surface area contributed by atoms with Gasteiger partial charge in [0.1, 0.15) is 19.3 Å². The van der Waals surface area contributed by atoms with Gasteiger partial charge in [0.05, 0.1) is 26.4 Å². The van der Waals surface area contributed by atoms with Crippen molar-refractivity contribution in [3.05, 3.63) is 0 Å². The second-order valence-electron chi connectivity index (χ2n) is 33.4. The molecule has 17 nitrogen and oxygen atoms in total. The van der Waals surface area contributed by atoms with Crippen molar-refractivity contribution in [2.45, 2.75) is 509 Å². The summed E-state index contributed by atoms with van der Waals surface area (Å²) in [6.07, 6.45) is 76.6. The molecular formula is C91H178O17P2. The van der Waals surface area contributed by atoms with Gasteiger partial charge in [-0.05, 0) is 37.5 Å². The van der Waals surface area contributed by atoms with E-state index in [-0.39, 0.29) is 25.7 Å². The number of carbonyl (C=O) groups excluding carboxylic acids is 4. The van der Waals surface area contributed by atoms with E-state index in [0.717, 1.165) is 102 Å². The van der Waals surface area contributed by atoms with E-state index in [0.29, 0.717) is 31.6 Å². The molecule has 0 radical (unpaired) electrons. The van der Waals surface area contributed by atoms with Gasteiger partial charge in [-0.15, -0.1) is 0 Å². The number of hydrogen-bond donors (Lipinski definition) is 3. The lowest BCUT2D eigenvalue weighted by Crippen LogP contribution is -2.30. The monoisotopic (exact) mass is 1610 g/mol. The van der Waals surface area contributed by atoms with Gasteiger partial charge in [0, 0.05) is 25.7 Å². The van der Waals surface area contributed by atoms with E-state index >= 15 is 0 Å². The number of hydrogen-bond acceptors (Lipinski definition) is 15. The summed E-state index contributed by atoms with van der Waals surface area (Å²) in [6, 6.07) is 0. The van der Waals surface area contributed by atoms with E-state index in [1.165, 1.54) is 302 Å². The van der Waals surface area contributed by atoms with Crippen LogP contribution in [-0.4, -0.2) is 96.7 Å². The maximum atomic E-state index is 13.2. The number of rotatable bonds is 90. The second kappa shape index (κ2) is 82.2. The molecule has 0 amide bonds. The summed E-state index contributed by atoms with van der Waals surface area (Å²) in [5, 5.41) is 10.7. The molecule has 0 saturated heterocycles. The van der Waals surface area contributed by atoms with Gasteiger partial charge in [0.2, 0.25) is 0 Å². The molecule has 0 heterocycles. The molecule has 0 saturated carbocycles. The molecule has 3 N–H and O–H groups in total. The summed E-state index contributed by atoms with van der Waals surface area (Å²) in [7, 11) is -9.93. The van der Waals surface area contributed by atoms with Crippen LogP contribution in [0.5, 0.6) is 0 Å². The Morgan fingerprint density at radius 2 is 0.464 bits per heavy atom. The van der Waals surface area contributed by atoms with E-state index in [4.69, 9.17) is 37.0 Å². The molecule has 0 rings (SSSR count). The summed E-state index contributed by atoms with van der Waals surface area (Å²) in [5.74, 6) is -0.522. The Hall–Kier alpha value is -1.94. The molecule has 654 valence electrons. The van der Waals surface area contributed by atoms with Crippen LogP contribution >= 0.6 is 15.6 Å². The molecule has 0 aliphatic rings. The highest BCUT2D eigenvalue weighted by Crippen LogP contribution is 2.45. The van der Waals surface area contributed by atoms with Crippen molar-refractivity contribution in [1.29, 1.82) is 0 Å². The van der Waals surface area contributed by atoms with Gasteiger partial charge in [0.15, 0.2) is 12.2 Å². The Morgan fingerprint density at radius 1 is 0.264 bits per heavy atom. The van der Waals surface area contributed by atoms with Gasteiger partial charge in [-0.2, -0.15) is 0 Å². The molecule has 0 fully saturated rings. The minimum Gasteiger partial charge on any atom is -0.462 e. The predicted molar refractivity (Wildman–Crippen MR) is 455 cm³/mol. The van der Waals surface area contributed by atoms with Crippen LogP contribution in [0.25, 0.3) is 0 Å². The summed E-state index contributed by atoms with van der Waals surface area (Å²) in [4.78, 5) is 73.4. The quantitative estimate of drug-likeness (QED) is 0.0222. The normalized spacial score (nSPS) is 14.0. The average Bonchev–Trinajstić information content (AvgIpc) is 0.900. The SMILES string of the molecule is CCCCCCCCCCCCCCCCCCCCCCCCC(=O)OC[C@H](COP(=O)(O)OC[C@@H](O)COP(=O)(O)OC[C@@H](COC(=O)CCCCCCCCCC(C)C)OC(=O)CCCCCCCCCCCCCCCCCC)OC(=O)CCCCCCCCCCCCCCCCCCCCC(C)CC. The molecule has 110 heavy (non-hydrogen) atoms. The smallest absolute Gasteiger partial charge is 0.462 e. The number of unbranched alkanes of at least 4 members (excludes halogenated alkanes) is 59. The number of phosphoric acid groups is 2. The molecule has 0 aliphatic carbocycles. The predicted octanol–water partition coefficient (Wildman–Crippen LogP) is 28.2. The summed E-state index contributed by atoms with van der Waals surface area (Å²) in [5.41, 5.74) is 0. The number of esters is 4. The van der Waals surface area contributed by atoms with Crippen LogP contribution in [0.15, 0.2) is 0 Å². The largest absolute Gasteiger partial charge is 0.472 e. The third-order valence-corrected chi connectivity index (χ3v) is 23.7. The first-order valence-electron chi connectivity index (χ1n) is 47.0. The van der Waals surface area contributed by atoms with Gasteiger partial charge in [-0.3, -0.25) is 37.3 Å². The molecule has 0 aromatic carbocycles. The molecule has 3 unspecified atom stereocenters. The zero-order valence-electron chi connectivity index (χ0n) is 72.6. The lowest BCUT2D eigenvalue weighted by molar-refractivity contribution is -0.161. The zero-order valence-corrected chi connectivity index (χ0v) is 74.4. The standard InChI is InChI=1S/C91H178O17P2/c1-7-10-12-14-16-18-20-22-24-26-27-28-29-30-34-38-41-45-49-55-61-67-73-88(93)101-79-86(107-90(95)75-70-64-57-51-47-43-39-35-32-31-33-36-40-44-48-54-60-66-72-84(6)9-3)81-105-109(97,98)103-77-85(92)78-104-110(99,100)106-82-87(80-102-89(94)74-68-62-58-52-53-59-65-71-83(4)5)108-91(96)76-69-63-56-50-46-42-37-25-23-21-19-17-15-13-11-8-2/h83-87,92H,7-82H2,1-6H3,(H,97,98)(H,99,100)/t84?,85-,86-,87-/m1/s1. The number of ether oxygens (including phenoxy) is 4. The van der Waals surface area contributed by atoms with E-state index in [1.807, 2.05) is 0 Å². The van der Waals surface area contributed by atoms with Crippen molar-refractivity contribution in [2.24, 2.45) is 11.8 Å². The molecule has 0 aromatic heterocycles.